The highest BCUT2D eigenvalue weighted by atomic mass is 16.5. The minimum Gasteiger partial charge on any atom is -0.496 e. The Balaban J connectivity index is 1.40. The summed E-state index contributed by atoms with van der Waals surface area (Å²) in [5, 5.41) is 0. The van der Waals surface area contributed by atoms with E-state index in [0.717, 1.165) is 100 Å². The zero-order valence-electron chi connectivity index (χ0n) is 27.0. The molecule has 4 aromatic rings. The number of benzene rings is 4. The first-order chi connectivity index (χ1) is 21.6. The number of aryl methyl sites for hydroxylation is 8. The summed E-state index contributed by atoms with van der Waals surface area (Å²) < 4.78 is 23.0. The van der Waals surface area contributed by atoms with Crippen LogP contribution in [0.2, 0.25) is 0 Å². The smallest absolute Gasteiger partial charge is 0.122 e. The van der Waals surface area contributed by atoms with Crippen LogP contribution in [0.3, 0.4) is 0 Å². The van der Waals surface area contributed by atoms with E-state index in [2.05, 4.69) is 72.8 Å². The molecule has 0 amide bonds. The Morgan fingerprint density at radius 3 is 0.773 bits per heavy atom. The van der Waals surface area contributed by atoms with Crippen LogP contribution in [0, 0.1) is 0 Å². The van der Waals surface area contributed by atoms with Gasteiger partial charge in [0.05, 0.1) is 28.4 Å². The lowest BCUT2D eigenvalue weighted by Crippen LogP contribution is -2.01. The highest BCUT2D eigenvalue weighted by Crippen LogP contribution is 2.29. The van der Waals surface area contributed by atoms with E-state index >= 15 is 0 Å². The monoisotopic (exact) mass is 592 g/mol. The summed E-state index contributed by atoms with van der Waals surface area (Å²) >= 11 is 0. The first-order valence-electron chi connectivity index (χ1n) is 16.2. The van der Waals surface area contributed by atoms with Gasteiger partial charge in [0.15, 0.2) is 0 Å². The summed E-state index contributed by atoms with van der Waals surface area (Å²) in [7, 11) is 7.10. The zero-order chi connectivity index (χ0) is 30.7. The van der Waals surface area contributed by atoms with Crippen molar-refractivity contribution < 1.29 is 18.9 Å². The van der Waals surface area contributed by atoms with E-state index in [4.69, 9.17) is 18.9 Å². The Hall–Kier alpha value is -3.92. The normalized spacial score (nSPS) is 14.6. The Morgan fingerprint density at radius 2 is 0.545 bits per heavy atom. The molecular formula is C40H48O4. The van der Waals surface area contributed by atoms with Gasteiger partial charge in [-0.25, -0.2) is 0 Å². The third kappa shape index (κ3) is 8.16. The van der Waals surface area contributed by atoms with E-state index < -0.39 is 0 Å². The van der Waals surface area contributed by atoms with Crippen molar-refractivity contribution in [2.75, 3.05) is 28.4 Å². The highest BCUT2D eigenvalue weighted by Gasteiger charge is 2.12. The number of fused-ring (bicyclic) bond motifs is 8. The van der Waals surface area contributed by atoms with Gasteiger partial charge in [-0.2, -0.15) is 0 Å². The van der Waals surface area contributed by atoms with Crippen LogP contribution in [0.5, 0.6) is 23.0 Å². The molecule has 0 atom stereocenters. The molecule has 0 saturated carbocycles. The van der Waals surface area contributed by atoms with Crippen molar-refractivity contribution in [1.82, 2.24) is 0 Å². The second-order valence-corrected chi connectivity index (χ2v) is 12.0. The summed E-state index contributed by atoms with van der Waals surface area (Å²) in [6.45, 7) is 0. The first-order valence-corrected chi connectivity index (χ1v) is 16.2. The maximum absolute atomic E-state index is 5.75. The second kappa shape index (κ2) is 15.7. The molecule has 4 aromatic carbocycles. The third-order valence-electron chi connectivity index (χ3n) is 9.03. The Bertz CT molecular complexity index is 1300. The lowest BCUT2D eigenvalue weighted by Gasteiger charge is -2.15. The molecule has 5 rings (SSSR count). The van der Waals surface area contributed by atoms with Gasteiger partial charge < -0.3 is 18.9 Å². The lowest BCUT2D eigenvalue weighted by molar-refractivity contribution is 0.406. The van der Waals surface area contributed by atoms with Crippen LogP contribution in [0.15, 0.2) is 72.8 Å². The molecule has 0 fully saturated rings. The summed E-state index contributed by atoms with van der Waals surface area (Å²) in [5.41, 5.74) is 10.7. The van der Waals surface area contributed by atoms with Crippen molar-refractivity contribution in [2.45, 2.75) is 77.0 Å². The van der Waals surface area contributed by atoms with Gasteiger partial charge in [0.25, 0.3) is 0 Å². The number of hydrogen-bond acceptors (Lipinski definition) is 4. The minimum absolute atomic E-state index is 0.978. The van der Waals surface area contributed by atoms with E-state index in [9.17, 15) is 0 Å². The van der Waals surface area contributed by atoms with E-state index in [0.29, 0.717) is 0 Å². The minimum atomic E-state index is 0.978. The van der Waals surface area contributed by atoms with Gasteiger partial charge in [-0.3, -0.25) is 0 Å². The van der Waals surface area contributed by atoms with Crippen molar-refractivity contribution >= 4 is 0 Å². The molecule has 0 saturated heterocycles. The largest absolute Gasteiger partial charge is 0.496 e. The van der Waals surface area contributed by atoms with E-state index in [-0.39, 0.29) is 0 Å². The summed E-state index contributed by atoms with van der Waals surface area (Å²) in [6.07, 6.45) is 12.4. The fourth-order valence-corrected chi connectivity index (χ4v) is 6.66. The second-order valence-electron chi connectivity index (χ2n) is 12.0. The average Bonchev–Trinajstić information content (AvgIpc) is 3.05. The van der Waals surface area contributed by atoms with Gasteiger partial charge in [-0.05, 0) is 146 Å². The van der Waals surface area contributed by atoms with Gasteiger partial charge in [-0.15, -0.1) is 0 Å². The fourth-order valence-electron chi connectivity index (χ4n) is 6.66. The van der Waals surface area contributed by atoms with Crippen molar-refractivity contribution in [2.24, 2.45) is 0 Å². The first kappa shape index (κ1) is 31.5. The van der Waals surface area contributed by atoms with E-state index in [1.54, 1.807) is 28.4 Å². The molecule has 0 heterocycles. The summed E-state index contributed by atoms with van der Waals surface area (Å²) in [4.78, 5) is 0. The molecule has 4 nitrogen and oxygen atoms in total. The van der Waals surface area contributed by atoms with E-state index in [1.165, 1.54) is 44.5 Å². The Kier molecular flexibility index (Phi) is 11.2. The van der Waals surface area contributed by atoms with Gasteiger partial charge >= 0.3 is 0 Å². The van der Waals surface area contributed by atoms with Crippen LogP contribution in [0.4, 0.5) is 0 Å². The SMILES string of the molecule is COc1ccc2cc1CCCc1cc(ccc1OC)CCCc1ccc(OC)c(c1)CCCc1cc(ccc1OC)CCC2. The molecule has 4 heteroatoms. The molecule has 1 aliphatic carbocycles. The number of methoxy groups -OCH3 is 4. The van der Waals surface area contributed by atoms with E-state index in [1.807, 2.05) is 0 Å². The molecule has 44 heavy (non-hydrogen) atoms. The fraction of sp³-hybridized carbons (Fsp3) is 0.400. The Labute approximate surface area is 264 Å². The third-order valence-corrected chi connectivity index (χ3v) is 9.03. The van der Waals surface area contributed by atoms with Crippen LogP contribution in [0.25, 0.3) is 0 Å². The van der Waals surface area contributed by atoms with Crippen LogP contribution < -0.4 is 18.9 Å². The molecule has 0 N–H and O–H groups in total. The number of rotatable bonds is 4. The van der Waals surface area contributed by atoms with Gasteiger partial charge in [-0.1, -0.05) is 48.5 Å². The van der Waals surface area contributed by atoms with Crippen LogP contribution in [-0.2, 0) is 51.4 Å². The molecule has 232 valence electrons. The topological polar surface area (TPSA) is 36.9 Å². The zero-order valence-corrected chi connectivity index (χ0v) is 27.0. The van der Waals surface area contributed by atoms with Crippen LogP contribution >= 0.6 is 0 Å². The Morgan fingerprint density at radius 1 is 0.318 bits per heavy atom. The van der Waals surface area contributed by atoms with Gasteiger partial charge in [0.2, 0.25) is 0 Å². The molecule has 8 bridgehead atoms. The molecule has 0 aromatic heterocycles. The maximum atomic E-state index is 5.75. The molecule has 1 aliphatic rings. The highest BCUT2D eigenvalue weighted by molar-refractivity contribution is 5.41. The maximum Gasteiger partial charge on any atom is 0.122 e. The lowest BCUT2D eigenvalue weighted by atomic mass is 9.95. The molecule has 0 radical (unpaired) electrons. The average molecular weight is 593 g/mol. The summed E-state index contributed by atoms with van der Waals surface area (Å²) in [6, 6.07) is 26.9. The van der Waals surface area contributed by atoms with Crippen molar-refractivity contribution in [1.29, 1.82) is 0 Å². The molecule has 0 spiro atoms. The van der Waals surface area contributed by atoms with Gasteiger partial charge in [0, 0.05) is 0 Å². The van der Waals surface area contributed by atoms with Crippen LogP contribution in [0.1, 0.15) is 70.2 Å². The predicted molar refractivity (Wildman–Crippen MR) is 180 cm³/mol. The van der Waals surface area contributed by atoms with Crippen molar-refractivity contribution in [3.63, 3.8) is 0 Å². The summed E-state index contributed by atoms with van der Waals surface area (Å²) in [5.74, 6) is 3.93. The van der Waals surface area contributed by atoms with Crippen molar-refractivity contribution in [3.8, 4) is 23.0 Å². The molecule has 0 aliphatic heterocycles. The standard InChI is InChI=1S/C40H48O4/c1-41-37-21-17-29-9-5-10-30-19-23-39(43-3)35(27-30)15-8-16-36-28-32(20-24-40(36)44-4)12-6-11-31-18-22-38(42-2)34(26-31)14-7-13-33(37)25-29/h17-28H,5-16H2,1-4H3. The number of hydrogen-bond donors (Lipinski definition) is 0. The molecule has 0 unspecified atom stereocenters. The predicted octanol–water partition coefficient (Wildman–Crippen LogP) is 8.74. The van der Waals surface area contributed by atoms with Crippen molar-refractivity contribution in [3.05, 3.63) is 117 Å². The van der Waals surface area contributed by atoms with Gasteiger partial charge in [0.1, 0.15) is 23.0 Å². The quantitative estimate of drug-likeness (QED) is 0.237. The van der Waals surface area contributed by atoms with Crippen LogP contribution in [-0.4, -0.2) is 28.4 Å². The molecular weight excluding hydrogens is 544 g/mol. The number of ether oxygens (including phenoxy) is 4.